The molecule has 0 fully saturated rings. The summed E-state index contributed by atoms with van der Waals surface area (Å²) in [6.45, 7) is 1.63. The molecule has 2 aromatic rings. The van der Waals surface area contributed by atoms with Crippen molar-refractivity contribution in [3.05, 3.63) is 58.6 Å². The summed E-state index contributed by atoms with van der Waals surface area (Å²) in [5, 5.41) is 2.72. The van der Waals surface area contributed by atoms with E-state index in [4.69, 9.17) is 11.6 Å². The molecule has 7 heteroatoms. The number of nitrogens with zero attached hydrogens (tertiary/aromatic N) is 1. The summed E-state index contributed by atoms with van der Waals surface area (Å²) < 4.78 is 51.7. The van der Waals surface area contributed by atoms with Gasteiger partial charge in [0.15, 0.2) is 0 Å². The zero-order valence-corrected chi connectivity index (χ0v) is 11.6. The van der Waals surface area contributed by atoms with Crippen molar-refractivity contribution in [2.24, 2.45) is 0 Å². The van der Waals surface area contributed by atoms with Crippen molar-refractivity contribution < 1.29 is 17.6 Å². The Labute approximate surface area is 123 Å². The minimum Gasteiger partial charge on any atom is -0.376 e. The van der Waals surface area contributed by atoms with Crippen LogP contribution in [0.25, 0.3) is 0 Å². The van der Waals surface area contributed by atoms with Crippen LogP contribution in [0.2, 0.25) is 5.02 Å². The second-order valence-electron chi connectivity index (χ2n) is 4.45. The number of aromatic nitrogens is 1. The van der Waals surface area contributed by atoms with Crippen LogP contribution in [0.15, 0.2) is 36.5 Å². The summed E-state index contributed by atoms with van der Waals surface area (Å²) in [5.41, 5.74) is -0.533. The first-order valence-electron chi connectivity index (χ1n) is 6.02. The maximum atomic E-state index is 13.0. The summed E-state index contributed by atoms with van der Waals surface area (Å²) in [5.74, 6) is -0.506. The molecule has 0 saturated heterocycles. The first kappa shape index (κ1) is 15.6. The Kier molecular flexibility index (Phi) is 4.37. The van der Waals surface area contributed by atoms with Gasteiger partial charge in [-0.1, -0.05) is 11.6 Å². The molecule has 0 aliphatic rings. The molecule has 0 aliphatic heterocycles. The molecule has 2 rings (SSSR count). The number of halogens is 5. The van der Waals surface area contributed by atoms with Crippen LogP contribution in [0.4, 0.5) is 23.2 Å². The predicted molar refractivity (Wildman–Crippen MR) is 72.7 cm³/mol. The molecule has 0 aliphatic carbocycles. The fourth-order valence-electron chi connectivity index (χ4n) is 1.83. The second-order valence-corrected chi connectivity index (χ2v) is 4.89. The maximum absolute atomic E-state index is 13.0. The van der Waals surface area contributed by atoms with E-state index in [1.165, 1.54) is 24.3 Å². The topological polar surface area (TPSA) is 24.9 Å². The highest BCUT2D eigenvalue weighted by Crippen LogP contribution is 2.37. The molecule has 0 spiro atoms. The fourth-order valence-corrected chi connectivity index (χ4v) is 2.00. The lowest BCUT2D eigenvalue weighted by molar-refractivity contribution is -0.137. The molecule has 1 atom stereocenters. The van der Waals surface area contributed by atoms with E-state index < -0.39 is 23.6 Å². The van der Waals surface area contributed by atoms with E-state index in [0.29, 0.717) is 5.69 Å². The highest BCUT2D eigenvalue weighted by Gasteiger charge is 2.34. The van der Waals surface area contributed by atoms with Crippen LogP contribution in [-0.4, -0.2) is 4.98 Å². The quantitative estimate of drug-likeness (QED) is 0.800. The zero-order valence-electron chi connectivity index (χ0n) is 10.9. The van der Waals surface area contributed by atoms with Gasteiger partial charge < -0.3 is 5.32 Å². The Morgan fingerprint density at radius 3 is 2.48 bits per heavy atom. The second kappa shape index (κ2) is 5.89. The standard InChI is InChI=1S/C14H11ClF4N2/c1-8(12-5-3-10(16)7-20-12)21-13-4-2-9(15)6-11(13)14(17,18)19/h2-8,21H,1H3. The molecule has 21 heavy (non-hydrogen) atoms. The van der Waals surface area contributed by atoms with Gasteiger partial charge in [-0.05, 0) is 37.3 Å². The van der Waals surface area contributed by atoms with Gasteiger partial charge in [0.05, 0.1) is 23.5 Å². The maximum Gasteiger partial charge on any atom is 0.418 e. The largest absolute Gasteiger partial charge is 0.418 e. The Morgan fingerprint density at radius 1 is 1.19 bits per heavy atom. The summed E-state index contributed by atoms with van der Waals surface area (Å²) in [4.78, 5) is 3.84. The van der Waals surface area contributed by atoms with Crippen molar-refractivity contribution >= 4 is 17.3 Å². The van der Waals surface area contributed by atoms with Gasteiger partial charge in [-0.15, -0.1) is 0 Å². The van der Waals surface area contributed by atoms with Crippen LogP contribution in [-0.2, 0) is 6.18 Å². The molecule has 1 aromatic heterocycles. The first-order valence-corrected chi connectivity index (χ1v) is 6.40. The lowest BCUT2D eigenvalue weighted by Gasteiger charge is -2.19. The third kappa shape index (κ3) is 3.85. The normalized spacial score (nSPS) is 13.0. The zero-order chi connectivity index (χ0) is 15.6. The molecule has 112 valence electrons. The Bertz CT molecular complexity index is 626. The van der Waals surface area contributed by atoms with E-state index in [9.17, 15) is 17.6 Å². The molecular weight excluding hydrogens is 308 g/mol. The fraction of sp³-hybridized carbons (Fsp3) is 0.214. The predicted octanol–water partition coefficient (Wildman–Crippen LogP) is 5.07. The van der Waals surface area contributed by atoms with Gasteiger partial charge in [-0.25, -0.2) is 4.39 Å². The average Bonchev–Trinajstić information content (AvgIpc) is 2.40. The highest BCUT2D eigenvalue weighted by molar-refractivity contribution is 6.30. The molecule has 1 N–H and O–H groups in total. The van der Waals surface area contributed by atoms with Gasteiger partial charge in [0.25, 0.3) is 0 Å². The lowest BCUT2D eigenvalue weighted by Crippen LogP contribution is -2.14. The number of pyridine rings is 1. The SMILES string of the molecule is CC(Nc1ccc(Cl)cc1C(F)(F)F)c1ccc(F)cn1. The van der Waals surface area contributed by atoms with Gasteiger partial charge in [-0.3, -0.25) is 4.98 Å². The Hall–Kier alpha value is -1.82. The van der Waals surface area contributed by atoms with E-state index in [-0.39, 0.29) is 10.7 Å². The number of hydrogen-bond donors (Lipinski definition) is 1. The molecule has 1 unspecified atom stereocenters. The Morgan fingerprint density at radius 2 is 1.90 bits per heavy atom. The molecule has 0 bridgehead atoms. The van der Waals surface area contributed by atoms with Crippen molar-refractivity contribution in [1.29, 1.82) is 0 Å². The highest BCUT2D eigenvalue weighted by atomic mass is 35.5. The smallest absolute Gasteiger partial charge is 0.376 e. The van der Waals surface area contributed by atoms with Crippen LogP contribution in [0.3, 0.4) is 0 Å². The van der Waals surface area contributed by atoms with Crippen molar-refractivity contribution in [1.82, 2.24) is 4.98 Å². The van der Waals surface area contributed by atoms with Crippen LogP contribution < -0.4 is 5.32 Å². The average molecular weight is 319 g/mol. The van der Waals surface area contributed by atoms with Gasteiger partial charge in [-0.2, -0.15) is 13.2 Å². The van der Waals surface area contributed by atoms with Gasteiger partial charge in [0, 0.05) is 10.7 Å². The third-order valence-corrected chi connectivity index (χ3v) is 3.09. The number of alkyl halides is 3. The van der Waals surface area contributed by atoms with E-state index in [1.807, 2.05) is 0 Å². The molecule has 1 heterocycles. The molecule has 0 amide bonds. The summed E-state index contributed by atoms with van der Waals surface area (Å²) in [6.07, 6.45) is -3.51. The van der Waals surface area contributed by atoms with Crippen molar-refractivity contribution in [2.45, 2.75) is 19.1 Å². The van der Waals surface area contributed by atoms with E-state index in [1.54, 1.807) is 6.92 Å². The van der Waals surface area contributed by atoms with Crippen molar-refractivity contribution in [2.75, 3.05) is 5.32 Å². The third-order valence-electron chi connectivity index (χ3n) is 2.85. The van der Waals surface area contributed by atoms with Crippen molar-refractivity contribution in [3.8, 4) is 0 Å². The summed E-state index contributed by atoms with van der Waals surface area (Å²) in [7, 11) is 0. The summed E-state index contributed by atoms with van der Waals surface area (Å²) >= 11 is 5.61. The number of rotatable bonds is 3. The number of nitrogens with one attached hydrogen (secondary N) is 1. The van der Waals surface area contributed by atoms with Gasteiger partial charge in [0.1, 0.15) is 5.82 Å². The monoisotopic (exact) mass is 318 g/mol. The minimum atomic E-state index is -4.52. The van der Waals surface area contributed by atoms with E-state index in [2.05, 4.69) is 10.3 Å². The minimum absolute atomic E-state index is 0.000403. The molecular formula is C14H11ClF4N2. The van der Waals surface area contributed by atoms with Crippen molar-refractivity contribution in [3.63, 3.8) is 0 Å². The van der Waals surface area contributed by atoms with Crippen LogP contribution >= 0.6 is 11.6 Å². The van der Waals surface area contributed by atoms with Gasteiger partial charge >= 0.3 is 6.18 Å². The number of anilines is 1. The van der Waals surface area contributed by atoms with E-state index >= 15 is 0 Å². The molecule has 1 aromatic carbocycles. The van der Waals surface area contributed by atoms with E-state index in [0.717, 1.165) is 12.3 Å². The Balaban J connectivity index is 2.29. The molecule has 0 radical (unpaired) electrons. The number of hydrogen-bond acceptors (Lipinski definition) is 2. The number of benzene rings is 1. The van der Waals surface area contributed by atoms with Crippen LogP contribution in [0.5, 0.6) is 0 Å². The summed E-state index contributed by atoms with van der Waals surface area (Å²) in [6, 6.07) is 5.57. The molecule has 0 saturated carbocycles. The van der Waals surface area contributed by atoms with Gasteiger partial charge in [0.2, 0.25) is 0 Å². The lowest BCUT2D eigenvalue weighted by atomic mass is 10.1. The molecule has 2 nitrogen and oxygen atoms in total. The first-order chi connectivity index (χ1) is 9.77. The van der Waals surface area contributed by atoms with Crippen LogP contribution in [0.1, 0.15) is 24.2 Å². The van der Waals surface area contributed by atoms with Crippen LogP contribution in [0, 0.1) is 5.82 Å².